The zero-order valence-corrected chi connectivity index (χ0v) is 4.24. The molecule has 0 unspecified atom stereocenters. The van der Waals surface area contributed by atoms with Crippen molar-refractivity contribution in [1.82, 2.24) is 0 Å². The molecule has 4 N–H and O–H groups in total. The van der Waals surface area contributed by atoms with E-state index in [1.807, 2.05) is 0 Å². The van der Waals surface area contributed by atoms with E-state index < -0.39 is 0 Å². The van der Waals surface area contributed by atoms with Gasteiger partial charge in [0.2, 0.25) is 0 Å². The van der Waals surface area contributed by atoms with Crippen molar-refractivity contribution >= 4 is 12.4 Å². The first kappa shape index (κ1) is 6.21. The highest BCUT2D eigenvalue weighted by Gasteiger charge is 2.28. The van der Waals surface area contributed by atoms with Gasteiger partial charge in [0, 0.05) is 12.1 Å². The zero-order valence-electron chi connectivity index (χ0n) is 3.42. The fourth-order valence-corrected chi connectivity index (χ4v) is 0.236. The summed E-state index contributed by atoms with van der Waals surface area (Å²) < 4.78 is 0. The standard InChI is InChI=1S/C3H8N2.ClH/c4-2-1-3(2)5;/h2-3H,1,4-5H2;1H/t2-,3-;/m0./s1. The molecule has 0 radical (unpaired) electrons. The smallest absolute Gasteiger partial charge is 0.0208 e. The Morgan fingerprint density at radius 3 is 1.33 bits per heavy atom. The van der Waals surface area contributed by atoms with E-state index in [9.17, 15) is 0 Å². The Hall–Kier alpha value is 0.210. The highest BCUT2D eigenvalue weighted by Crippen LogP contribution is 2.12. The minimum atomic E-state index is 0. The summed E-state index contributed by atoms with van der Waals surface area (Å²) >= 11 is 0. The van der Waals surface area contributed by atoms with Crippen molar-refractivity contribution in [3.63, 3.8) is 0 Å². The molecule has 0 heterocycles. The fourth-order valence-electron chi connectivity index (χ4n) is 0.236. The van der Waals surface area contributed by atoms with E-state index in [1.54, 1.807) is 0 Å². The summed E-state index contributed by atoms with van der Waals surface area (Å²) in [7, 11) is 0. The molecule has 0 spiro atoms. The molecule has 6 heavy (non-hydrogen) atoms. The van der Waals surface area contributed by atoms with Gasteiger partial charge in [-0.15, -0.1) is 12.4 Å². The molecular formula is C3H9ClN2. The fraction of sp³-hybridized carbons (Fsp3) is 1.00. The van der Waals surface area contributed by atoms with Gasteiger partial charge < -0.3 is 11.5 Å². The van der Waals surface area contributed by atoms with Gasteiger partial charge in [0.05, 0.1) is 0 Å². The number of halogens is 1. The zero-order chi connectivity index (χ0) is 3.86. The van der Waals surface area contributed by atoms with E-state index in [0.29, 0.717) is 12.1 Å². The summed E-state index contributed by atoms with van der Waals surface area (Å²) in [6, 6.07) is 0.657. The number of rotatable bonds is 0. The van der Waals surface area contributed by atoms with Gasteiger partial charge in [0.1, 0.15) is 0 Å². The molecule has 1 aliphatic rings. The van der Waals surface area contributed by atoms with E-state index in [4.69, 9.17) is 11.5 Å². The third-order valence-corrected chi connectivity index (χ3v) is 0.891. The molecule has 0 aromatic rings. The van der Waals surface area contributed by atoms with Crippen molar-refractivity contribution < 1.29 is 0 Å². The van der Waals surface area contributed by atoms with E-state index in [-0.39, 0.29) is 12.4 Å². The molecule has 1 saturated carbocycles. The molecule has 2 atom stereocenters. The van der Waals surface area contributed by atoms with Gasteiger partial charge in [-0.05, 0) is 6.42 Å². The van der Waals surface area contributed by atoms with E-state index in [0.717, 1.165) is 6.42 Å². The van der Waals surface area contributed by atoms with Gasteiger partial charge in [-0.3, -0.25) is 0 Å². The Morgan fingerprint density at radius 2 is 1.33 bits per heavy atom. The minimum Gasteiger partial charge on any atom is -0.326 e. The highest BCUT2D eigenvalue weighted by molar-refractivity contribution is 5.85. The molecule has 3 heteroatoms. The van der Waals surface area contributed by atoms with Crippen LogP contribution in [0.25, 0.3) is 0 Å². The first-order chi connectivity index (χ1) is 2.30. The first-order valence-corrected chi connectivity index (χ1v) is 1.82. The maximum Gasteiger partial charge on any atom is 0.0208 e. The molecule has 0 amide bonds. The van der Waals surface area contributed by atoms with Crippen LogP contribution in [0.3, 0.4) is 0 Å². The quantitative estimate of drug-likeness (QED) is 0.438. The van der Waals surface area contributed by atoms with Crippen LogP contribution in [0.15, 0.2) is 0 Å². The maximum atomic E-state index is 5.24. The lowest BCUT2D eigenvalue weighted by atomic mass is 10.7. The summed E-state index contributed by atoms with van der Waals surface area (Å²) in [5.74, 6) is 0. The summed E-state index contributed by atoms with van der Waals surface area (Å²) in [5, 5.41) is 0. The van der Waals surface area contributed by atoms with Crippen LogP contribution in [0.4, 0.5) is 0 Å². The third kappa shape index (κ3) is 1.12. The second-order valence-corrected chi connectivity index (χ2v) is 1.56. The third-order valence-electron chi connectivity index (χ3n) is 0.891. The molecule has 0 aromatic heterocycles. The molecule has 1 rings (SSSR count). The lowest BCUT2D eigenvalue weighted by Crippen LogP contribution is -2.12. The van der Waals surface area contributed by atoms with Crippen molar-refractivity contribution in [2.45, 2.75) is 18.5 Å². The summed E-state index contributed by atoms with van der Waals surface area (Å²) in [6.45, 7) is 0. The number of hydrogen-bond donors (Lipinski definition) is 2. The molecule has 38 valence electrons. The van der Waals surface area contributed by atoms with Crippen molar-refractivity contribution in [3.05, 3.63) is 0 Å². The van der Waals surface area contributed by atoms with Crippen molar-refractivity contribution in [2.24, 2.45) is 11.5 Å². The van der Waals surface area contributed by atoms with Crippen molar-refractivity contribution in [2.75, 3.05) is 0 Å². The molecule has 2 nitrogen and oxygen atoms in total. The summed E-state index contributed by atoms with van der Waals surface area (Å²) in [6.07, 6.45) is 1.03. The van der Waals surface area contributed by atoms with Gasteiger partial charge in [0.25, 0.3) is 0 Å². The van der Waals surface area contributed by atoms with Crippen LogP contribution in [-0.2, 0) is 0 Å². The molecule has 0 saturated heterocycles. The van der Waals surface area contributed by atoms with E-state index in [2.05, 4.69) is 0 Å². The highest BCUT2D eigenvalue weighted by atomic mass is 35.5. The molecule has 1 fully saturated rings. The van der Waals surface area contributed by atoms with Gasteiger partial charge >= 0.3 is 0 Å². The Labute approximate surface area is 43.3 Å². The predicted octanol–water partition coefficient (Wildman–Crippen LogP) is -0.534. The SMILES string of the molecule is Cl.N[C@H]1C[C@@H]1N. The van der Waals surface area contributed by atoms with E-state index >= 15 is 0 Å². The molecule has 1 aliphatic carbocycles. The van der Waals surface area contributed by atoms with Crippen LogP contribution >= 0.6 is 12.4 Å². The van der Waals surface area contributed by atoms with Crippen molar-refractivity contribution in [1.29, 1.82) is 0 Å². The van der Waals surface area contributed by atoms with Crippen LogP contribution in [-0.4, -0.2) is 12.1 Å². The van der Waals surface area contributed by atoms with Crippen LogP contribution in [0.1, 0.15) is 6.42 Å². The Kier molecular flexibility index (Phi) is 1.84. The van der Waals surface area contributed by atoms with Crippen LogP contribution in [0.2, 0.25) is 0 Å². The van der Waals surface area contributed by atoms with Gasteiger partial charge in [-0.2, -0.15) is 0 Å². The Balaban J connectivity index is 0.000000250. The average Bonchev–Trinajstić information content (AvgIpc) is 1.79. The Bertz CT molecular complexity index is 42.1. The normalized spacial score (nSPS) is 41.0. The van der Waals surface area contributed by atoms with Gasteiger partial charge in [0.15, 0.2) is 0 Å². The largest absolute Gasteiger partial charge is 0.326 e. The molecule has 0 aromatic carbocycles. The van der Waals surface area contributed by atoms with Crippen LogP contribution in [0.5, 0.6) is 0 Å². The van der Waals surface area contributed by atoms with Gasteiger partial charge in [-0.1, -0.05) is 0 Å². The second kappa shape index (κ2) is 1.78. The monoisotopic (exact) mass is 108 g/mol. The summed E-state index contributed by atoms with van der Waals surface area (Å²) in [4.78, 5) is 0. The lowest BCUT2D eigenvalue weighted by molar-refractivity contribution is 0.962. The van der Waals surface area contributed by atoms with Gasteiger partial charge in [-0.25, -0.2) is 0 Å². The average molecular weight is 109 g/mol. The molecule has 0 bridgehead atoms. The number of nitrogens with two attached hydrogens (primary N) is 2. The molecule has 0 aliphatic heterocycles. The van der Waals surface area contributed by atoms with Crippen molar-refractivity contribution in [3.8, 4) is 0 Å². The number of hydrogen-bond acceptors (Lipinski definition) is 2. The minimum absolute atomic E-state index is 0. The first-order valence-electron chi connectivity index (χ1n) is 1.82. The lowest BCUT2D eigenvalue weighted by Gasteiger charge is -1.70. The van der Waals surface area contributed by atoms with Crippen LogP contribution < -0.4 is 11.5 Å². The van der Waals surface area contributed by atoms with E-state index in [1.165, 1.54) is 0 Å². The van der Waals surface area contributed by atoms with Crippen LogP contribution in [0, 0.1) is 0 Å². The maximum absolute atomic E-state index is 5.24. The topological polar surface area (TPSA) is 52.0 Å². The summed E-state index contributed by atoms with van der Waals surface area (Å²) in [5.41, 5.74) is 10.5. The molecular weight excluding hydrogens is 99.5 g/mol. The second-order valence-electron chi connectivity index (χ2n) is 1.56. The predicted molar refractivity (Wildman–Crippen MR) is 27.8 cm³/mol. The Morgan fingerprint density at radius 1 is 1.17 bits per heavy atom.